The highest BCUT2D eigenvalue weighted by Gasteiger charge is 2.22. The van der Waals surface area contributed by atoms with Crippen molar-refractivity contribution >= 4 is 17.3 Å². The number of halogens is 3. The third-order valence-corrected chi connectivity index (χ3v) is 4.37. The number of hydrogen-bond donors (Lipinski definition) is 1. The van der Waals surface area contributed by atoms with Gasteiger partial charge in [-0.2, -0.15) is 0 Å². The lowest BCUT2D eigenvalue weighted by atomic mass is 10.1. The number of benzene rings is 3. The van der Waals surface area contributed by atoms with Gasteiger partial charge in [0.25, 0.3) is 0 Å². The second-order valence-corrected chi connectivity index (χ2v) is 6.53. The Morgan fingerprint density at radius 3 is 2.32 bits per heavy atom. The molecule has 0 bridgehead atoms. The van der Waals surface area contributed by atoms with Crippen LogP contribution < -0.4 is 5.32 Å². The number of hydrogen-bond acceptors (Lipinski definition) is 4. The summed E-state index contributed by atoms with van der Waals surface area (Å²) >= 11 is 5.99. The fourth-order valence-corrected chi connectivity index (χ4v) is 2.87. The molecule has 0 aliphatic heterocycles. The smallest absolute Gasteiger partial charge is 0.247 e. The lowest BCUT2D eigenvalue weighted by Crippen LogP contribution is -2.13. The largest absolute Gasteiger partial charge is 0.418 e. The average molecular weight is 398 g/mol. The predicted octanol–water partition coefficient (Wildman–Crippen LogP) is 5.87. The monoisotopic (exact) mass is 397 g/mol. The number of anilines is 1. The minimum absolute atomic E-state index is 0.203. The highest BCUT2D eigenvalue weighted by Crippen LogP contribution is 2.29. The molecular weight excluding hydrogens is 384 g/mol. The Kier molecular flexibility index (Phi) is 5.04. The SMILES string of the molecule is Fc1ccc(N[C@H](c2ccc(Cl)cc2)c2nnc(-c3cccc(F)c3)o2)cc1. The summed E-state index contributed by atoms with van der Waals surface area (Å²) in [6, 6.07) is 18.5. The standard InChI is InChI=1S/C21H14ClF2N3O/c22-15-6-4-13(5-7-15)19(25-18-10-8-16(23)9-11-18)21-27-26-20(28-21)14-2-1-3-17(24)12-14/h1-12,19,25H/t19-/m1/s1. The molecule has 1 atom stereocenters. The average Bonchev–Trinajstić information content (AvgIpc) is 3.18. The summed E-state index contributed by atoms with van der Waals surface area (Å²) in [5, 5.41) is 12.0. The van der Waals surface area contributed by atoms with Crippen LogP contribution in [0.4, 0.5) is 14.5 Å². The van der Waals surface area contributed by atoms with Crippen molar-refractivity contribution in [2.75, 3.05) is 5.32 Å². The molecule has 28 heavy (non-hydrogen) atoms. The van der Waals surface area contributed by atoms with Gasteiger partial charge in [-0.3, -0.25) is 0 Å². The van der Waals surface area contributed by atoms with E-state index in [0.29, 0.717) is 16.3 Å². The Morgan fingerprint density at radius 2 is 1.61 bits per heavy atom. The van der Waals surface area contributed by atoms with Gasteiger partial charge in [0.15, 0.2) is 0 Å². The zero-order valence-electron chi connectivity index (χ0n) is 14.4. The summed E-state index contributed by atoms with van der Waals surface area (Å²) < 4.78 is 32.5. The molecule has 7 heteroatoms. The van der Waals surface area contributed by atoms with Crippen LogP contribution >= 0.6 is 11.6 Å². The lowest BCUT2D eigenvalue weighted by Gasteiger charge is -2.17. The third kappa shape index (κ3) is 4.02. The number of nitrogens with zero attached hydrogens (tertiary/aromatic N) is 2. The van der Waals surface area contributed by atoms with Crippen molar-refractivity contribution in [2.45, 2.75) is 6.04 Å². The van der Waals surface area contributed by atoms with Crippen molar-refractivity contribution in [2.24, 2.45) is 0 Å². The molecule has 1 heterocycles. The van der Waals surface area contributed by atoms with Crippen molar-refractivity contribution in [1.82, 2.24) is 10.2 Å². The summed E-state index contributed by atoms with van der Waals surface area (Å²) in [5.74, 6) is -0.240. The summed E-state index contributed by atoms with van der Waals surface area (Å²) in [7, 11) is 0. The molecule has 0 amide bonds. The fraction of sp³-hybridized carbons (Fsp3) is 0.0476. The lowest BCUT2D eigenvalue weighted by molar-refractivity contribution is 0.493. The van der Waals surface area contributed by atoms with Gasteiger partial charge in [-0.15, -0.1) is 10.2 Å². The minimum atomic E-state index is -0.502. The van der Waals surface area contributed by atoms with Gasteiger partial charge in [0.1, 0.15) is 17.7 Å². The first-order valence-corrected chi connectivity index (χ1v) is 8.83. The quantitative estimate of drug-likeness (QED) is 0.457. The number of aromatic nitrogens is 2. The van der Waals surface area contributed by atoms with Crippen LogP contribution in [0.5, 0.6) is 0 Å². The van der Waals surface area contributed by atoms with Crippen LogP contribution in [0.3, 0.4) is 0 Å². The minimum Gasteiger partial charge on any atom is -0.418 e. The number of rotatable bonds is 5. The first-order valence-electron chi connectivity index (χ1n) is 8.45. The summed E-state index contributed by atoms with van der Waals surface area (Å²) in [5.41, 5.74) is 1.98. The molecule has 1 N–H and O–H groups in total. The summed E-state index contributed by atoms with van der Waals surface area (Å²) in [6.07, 6.45) is 0. The van der Waals surface area contributed by atoms with E-state index in [-0.39, 0.29) is 17.6 Å². The third-order valence-electron chi connectivity index (χ3n) is 4.12. The van der Waals surface area contributed by atoms with Crippen LogP contribution in [0.15, 0.2) is 77.2 Å². The predicted molar refractivity (Wildman–Crippen MR) is 103 cm³/mol. The van der Waals surface area contributed by atoms with E-state index < -0.39 is 11.9 Å². The normalized spacial score (nSPS) is 12.0. The van der Waals surface area contributed by atoms with Crippen LogP contribution in [-0.2, 0) is 0 Å². The Balaban J connectivity index is 1.70. The molecule has 0 aliphatic rings. The molecule has 140 valence electrons. The van der Waals surface area contributed by atoms with E-state index in [4.69, 9.17) is 16.0 Å². The molecular formula is C21H14ClF2N3O. The first-order chi connectivity index (χ1) is 13.6. The zero-order chi connectivity index (χ0) is 19.5. The molecule has 4 aromatic rings. The number of nitrogens with one attached hydrogen (secondary N) is 1. The van der Waals surface area contributed by atoms with Gasteiger partial charge < -0.3 is 9.73 Å². The molecule has 0 spiro atoms. The molecule has 0 unspecified atom stereocenters. The Labute approximate surface area is 164 Å². The maximum atomic E-state index is 13.5. The van der Waals surface area contributed by atoms with E-state index in [9.17, 15) is 8.78 Å². The van der Waals surface area contributed by atoms with Gasteiger partial charge in [-0.05, 0) is 60.2 Å². The molecule has 3 aromatic carbocycles. The van der Waals surface area contributed by atoms with Gasteiger partial charge in [0, 0.05) is 16.3 Å². The molecule has 4 rings (SSSR count). The second kappa shape index (κ2) is 7.78. The Morgan fingerprint density at radius 1 is 0.857 bits per heavy atom. The molecule has 0 radical (unpaired) electrons. The van der Waals surface area contributed by atoms with Gasteiger partial charge in [0.2, 0.25) is 11.8 Å². The fourth-order valence-electron chi connectivity index (χ4n) is 2.75. The van der Waals surface area contributed by atoms with Crippen LogP contribution in [-0.4, -0.2) is 10.2 Å². The topological polar surface area (TPSA) is 51.0 Å². The van der Waals surface area contributed by atoms with E-state index >= 15 is 0 Å². The molecule has 4 nitrogen and oxygen atoms in total. The van der Waals surface area contributed by atoms with Crippen LogP contribution in [0.25, 0.3) is 11.5 Å². The first kappa shape index (κ1) is 18.1. The van der Waals surface area contributed by atoms with E-state index in [1.165, 1.54) is 24.3 Å². The van der Waals surface area contributed by atoms with Gasteiger partial charge in [-0.1, -0.05) is 29.8 Å². The molecule has 0 saturated heterocycles. The van der Waals surface area contributed by atoms with Gasteiger partial charge >= 0.3 is 0 Å². The highest BCUT2D eigenvalue weighted by atomic mass is 35.5. The van der Waals surface area contributed by atoms with Crippen molar-refractivity contribution in [3.05, 3.63) is 101 Å². The maximum Gasteiger partial charge on any atom is 0.247 e. The zero-order valence-corrected chi connectivity index (χ0v) is 15.2. The Bertz CT molecular complexity index is 1080. The van der Waals surface area contributed by atoms with Crippen LogP contribution in [0.1, 0.15) is 17.5 Å². The summed E-state index contributed by atoms with van der Waals surface area (Å²) in [6.45, 7) is 0. The molecule has 1 aromatic heterocycles. The van der Waals surface area contributed by atoms with E-state index in [0.717, 1.165) is 5.56 Å². The van der Waals surface area contributed by atoms with Gasteiger partial charge in [-0.25, -0.2) is 8.78 Å². The maximum absolute atomic E-state index is 13.5. The van der Waals surface area contributed by atoms with Crippen molar-refractivity contribution in [1.29, 1.82) is 0 Å². The molecule has 0 saturated carbocycles. The highest BCUT2D eigenvalue weighted by molar-refractivity contribution is 6.30. The van der Waals surface area contributed by atoms with Crippen molar-refractivity contribution in [3.8, 4) is 11.5 Å². The van der Waals surface area contributed by atoms with Crippen LogP contribution in [0.2, 0.25) is 5.02 Å². The molecule has 0 aliphatic carbocycles. The second-order valence-electron chi connectivity index (χ2n) is 6.09. The van der Waals surface area contributed by atoms with E-state index in [2.05, 4.69) is 15.5 Å². The van der Waals surface area contributed by atoms with E-state index in [1.807, 2.05) is 12.1 Å². The van der Waals surface area contributed by atoms with Crippen molar-refractivity contribution in [3.63, 3.8) is 0 Å². The summed E-state index contributed by atoms with van der Waals surface area (Å²) in [4.78, 5) is 0. The van der Waals surface area contributed by atoms with E-state index in [1.54, 1.807) is 36.4 Å². The van der Waals surface area contributed by atoms with Crippen LogP contribution in [0, 0.1) is 11.6 Å². The van der Waals surface area contributed by atoms with Gasteiger partial charge in [0.05, 0.1) is 0 Å². The Hall–Kier alpha value is -3.25. The van der Waals surface area contributed by atoms with Crippen molar-refractivity contribution < 1.29 is 13.2 Å². The molecule has 0 fully saturated rings.